The summed E-state index contributed by atoms with van der Waals surface area (Å²) in [4.78, 5) is 2.57. The second-order valence-electron chi connectivity index (χ2n) is 7.81. The van der Waals surface area contributed by atoms with Crippen molar-refractivity contribution in [3.8, 4) is 0 Å². The van der Waals surface area contributed by atoms with E-state index in [2.05, 4.69) is 44.7 Å². The van der Waals surface area contributed by atoms with Crippen molar-refractivity contribution in [3.05, 3.63) is 12.2 Å². The molecule has 0 N–H and O–H groups in total. The lowest BCUT2D eigenvalue weighted by Crippen LogP contribution is -2.36. The maximum Gasteiger partial charge on any atom is 0.108 e. The second kappa shape index (κ2) is 7.78. The summed E-state index contributed by atoms with van der Waals surface area (Å²) in [6, 6.07) is 0. The van der Waals surface area contributed by atoms with Crippen molar-refractivity contribution in [2.45, 2.75) is 85.0 Å². The lowest BCUT2D eigenvalue weighted by atomic mass is 9.86. The minimum Gasteiger partial charge on any atom is -0.360 e. The van der Waals surface area contributed by atoms with Gasteiger partial charge in [0, 0.05) is 13.1 Å². The predicted molar refractivity (Wildman–Crippen MR) is 90.3 cm³/mol. The van der Waals surface area contributed by atoms with Crippen LogP contribution in [0.3, 0.4) is 0 Å². The highest BCUT2D eigenvalue weighted by Crippen LogP contribution is 2.45. The van der Waals surface area contributed by atoms with E-state index in [0.717, 1.165) is 12.3 Å². The van der Waals surface area contributed by atoms with E-state index in [4.69, 9.17) is 4.74 Å². The number of allylic oxidation sites excluding steroid dienone is 1. The molecule has 1 aliphatic carbocycles. The first kappa shape index (κ1) is 17.0. The molecule has 0 aromatic heterocycles. The van der Waals surface area contributed by atoms with Gasteiger partial charge in [0.2, 0.25) is 0 Å². The molecule has 1 heterocycles. The van der Waals surface area contributed by atoms with E-state index in [1.165, 1.54) is 51.6 Å². The van der Waals surface area contributed by atoms with Gasteiger partial charge in [-0.05, 0) is 57.3 Å². The van der Waals surface area contributed by atoms with Gasteiger partial charge in [-0.1, -0.05) is 38.8 Å². The molecule has 1 aliphatic heterocycles. The average Bonchev–Trinajstić information content (AvgIpc) is 3.05. The van der Waals surface area contributed by atoms with Crippen LogP contribution >= 0.6 is 0 Å². The van der Waals surface area contributed by atoms with Gasteiger partial charge in [-0.2, -0.15) is 0 Å². The zero-order chi connectivity index (χ0) is 15.3. The average molecular weight is 293 g/mol. The van der Waals surface area contributed by atoms with Crippen LogP contribution < -0.4 is 0 Å². The molecule has 2 aliphatic rings. The zero-order valence-corrected chi connectivity index (χ0v) is 14.6. The first-order valence-electron chi connectivity index (χ1n) is 9.05. The molecule has 1 saturated carbocycles. The first-order valence-corrected chi connectivity index (χ1v) is 9.05. The summed E-state index contributed by atoms with van der Waals surface area (Å²) < 4.78 is 6.22. The van der Waals surface area contributed by atoms with Crippen molar-refractivity contribution < 1.29 is 4.74 Å². The van der Waals surface area contributed by atoms with E-state index in [9.17, 15) is 0 Å². The maximum atomic E-state index is 6.22. The molecule has 0 bridgehead atoms. The molecule has 2 heteroatoms. The molecule has 0 amide bonds. The van der Waals surface area contributed by atoms with Crippen molar-refractivity contribution in [1.29, 1.82) is 0 Å². The first-order chi connectivity index (χ1) is 10.0. The summed E-state index contributed by atoms with van der Waals surface area (Å²) >= 11 is 0. The highest BCUT2D eigenvalue weighted by Gasteiger charge is 2.41. The zero-order valence-electron chi connectivity index (χ0n) is 14.6. The van der Waals surface area contributed by atoms with Crippen LogP contribution in [0.5, 0.6) is 0 Å². The van der Waals surface area contributed by atoms with Crippen molar-refractivity contribution in [2.75, 3.05) is 13.1 Å². The molecule has 2 fully saturated rings. The standard InChI is InChI=1S/C19H35NO/c1-16(2)9-5-6-10-17(3)21-18(4)20-14-13-19(15-20)11-7-8-12-19/h5-6,16-18H,7-15H2,1-4H3/b6-5-/t17-,18?/m0/s1. The van der Waals surface area contributed by atoms with Crippen LogP contribution in [0.15, 0.2) is 12.2 Å². The minimum absolute atomic E-state index is 0.276. The minimum atomic E-state index is 0.276. The van der Waals surface area contributed by atoms with Crippen molar-refractivity contribution in [1.82, 2.24) is 4.90 Å². The third-order valence-electron chi connectivity index (χ3n) is 5.32. The van der Waals surface area contributed by atoms with E-state index in [-0.39, 0.29) is 6.23 Å². The van der Waals surface area contributed by atoms with Crippen LogP contribution in [0.4, 0.5) is 0 Å². The lowest BCUT2D eigenvalue weighted by Gasteiger charge is -2.29. The summed E-state index contributed by atoms with van der Waals surface area (Å²) in [5, 5.41) is 0. The fourth-order valence-electron chi connectivity index (χ4n) is 3.95. The monoisotopic (exact) mass is 293 g/mol. The Bertz CT molecular complexity index is 330. The third kappa shape index (κ3) is 5.10. The molecule has 0 aromatic carbocycles. The van der Waals surface area contributed by atoms with Gasteiger partial charge < -0.3 is 4.74 Å². The molecule has 0 aromatic rings. The molecule has 2 rings (SSSR count). The van der Waals surface area contributed by atoms with Crippen LogP contribution in [0.2, 0.25) is 0 Å². The molecule has 1 spiro atoms. The molecule has 1 saturated heterocycles. The molecular formula is C19H35NO. The molecule has 1 unspecified atom stereocenters. The Labute approximate surface area is 131 Å². The number of hydrogen-bond donors (Lipinski definition) is 0. The van der Waals surface area contributed by atoms with E-state index in [1.807, 2.05) is 0 Å². The van der Waals surface area contributed by atoms with Gasteiger partial charge in [-0.15, -0.1) is 0 Å². The molecule has 2 nitrogen and oxygen atoms in total. The Kier molecular flexibility index (Phi) is 6.31. The van der Waals surface area contributed by atoms with Crippen LogP contribution in [-0.4, -0.2) is 30.3 Å². The highest BCUT2D eigenvalue weighted by molar-refractivity contribution is 4.93. The Morgan fingerprint density at radius 2 is 1.67 bits per heavy atom. The SMILES string of the molecule is CC(C)C/C=C\C[C@H](C)OC(C)N1CCC2(CCCC2)C1. The van der Waals surface area contributed by atoms with Crippen LogP contribution in [-0.2, 0) is 4.74 Å². The molecular weight excluding hydrogens is 258 g/mol. The van der Waals surface area contributed by atoms with Crippen molar-refractivity contribution in [2.24, 2.45) is 11.3 Å². The lowest BCUT2D eigenvalue weighted by molar-refractivity contribution is -0.0763. The van der Waals surface area contributed by atoms with E-state index >= 15 is 0 Å². The fourth-order valence-corrected chi connectivity index (χ4v) is 3.95. The van der Waals surface area contributed by atoms with Crippen molar-refractivity contribution >= 4 is 0 Å². The van der Waals surface area contributed by atoms with E-state index in [1.54, 1.807) is 0 Å². The molecule has 122 valence electrons. The molecule has 0 radical (unpaired) electrons. The second-order valence-corrected chi connectivity index (χ2v) is 7.81. The van der Waals surface area contributed by atoms with E-state index in [0.29, 0.717) is 11.5 Å². The van der Waals surface area contributed by atoms with E-state index < -0.39 is 0 Å². The Morgan fingerprint density at radius 3 is 2.33 bits per heavy atom. The number of rotatable bonds is 7. The molecule has 2 atom stereocenters. The smallest absolute Gasteiger partial charge is 0.108 e. The Hall–Kier alpha value is -0.340. The van der Waals surface area contributed by atoms with Crippen LogP contribution in [0, 0.1) is 11.3 Å². The number of hydrogen-bond acceptors (Lipinski definition) is 2. The number of nitrogens with zero attached hydrogens (tertiary/aromatic N) is 1. The van der Waals surface area contributed by atoms with Gasteiger partial charge in [0.15, 0.2) is 0 Å². The maximum absolute atomic E-state index is 6.22. The summed E-state index contributed by atoms with van der Waals surface area (Å²) in [5.41, 5.74) is 0.651. The molecule has 21 heavy (non-hydrogen) atoms. The normalized spacial score (nSPS) is 25.4. The van der Waals surface area contributed by atoms with Gasteiger partial charge >= 0.3 is 0 Å². The summed E-state index contributed by atoms with van der Waals surface area (Å²) in [7, 11) is 0. The van der Waals surface area contributed by atoms with Crippen LogP contribution in [0.1, 0.15) is 72.6 Å². The topological polar surface area (TPSA) is 12.5 Å². The van der Waals surface area contributed by atoms with Gasteiger partial charge in [0.25, 0.3) is 0 Å². The van der Waals surface area contributed by atoms with Gasteiger partial charge in [-0.25, -0.2) is 0 Å². The van der Waals surface area contributed by atoms with Crippen molar-refractivity contribution in [3.63, 3.8) is 0 Å². The van der Waals surface area contributed by atoms with Gasteiger partial charge in [-0.3, -0.25) is 4.90 Å². The van der Waals surface area contributed by atoms with Crippen LogP contribution in [0.25, 0.3) is 0 Å². The van der Waals surface area contributed by atoms with Gasteiger partial charge in [0.05, 0.1) is 6.10 Å². The fraction of sp³-hybridized carbons (Fsp3) is 0.895. The predicted octanol–water partition coefficient (Wildman–Crippen LogP) is 5.00. The number of likely N-dealkylation sites (tertiary alicyclic amines) is 1. The Balaban J connectivity index is 1.69. The highest BCUT2D eigenvalue weighted by atomic mass is 16.5. The van der Waals surface area contributed by atoms with Gasteiger partial charge in [0.1, 0.15) is 6.23 Å². The number of ether oxygens (including phenoxy) is 1. The Morgan fingerprint density at radius 1 is 1.00 bits per heavy atom. The summed E-state index contributed by atoms with van der Waals surface area (Å²) in [5.74, 6) is 0.753. The summed E-state index contributed by atoms with van der Waals surface area (Å²) in [6.07, 6.45) is 14.6. The summed E-state index contributed by atoms with van der Waals surface area (Å²) in [6.45, 7) is 11.5. The largest absolute Gasteiger partial charge is 0.360 e. The quantitative estimate of drug-likeness (QED) is 0.613. The third-order valence-corrected chi connectivity index (χ3v) is 5.32.